The molecule has 0 atom stereocenters. The highest BCUT2D eigenvalue weighted by atomic mass is 16.5. The van der Waals surface area contributed by atoms with Crippen molar-refractivity contribution in [3.63, 3.8) is 0 Å². The minimum Gasteiger partial charge on any atom is -0.485 e. The SMILES string of the molecule is CC(C)OCCc1nc2c(c(=O)[nH]1)OCC2(C)C. The first kappa shape index (κ1) is 13.1. The Morgan fingerprint density at radius 1 is 1.50 bits per heavy atom. The van der Waals surface area contributed by atoms with Crippen molar-refractivity contribution < 1.29 is 9.47 Å². The van der Waals surface area contributed by atoms with Gasteiger partial charge < -0.3 is 14.5 Å². The molecule has 0 fully saturated rings. The summed E-state index contributed by atoms with van der Waals surface area (Å²) in [6, 6.07) is 0. The summed E-state index contributed by atoms with van der Waals surface area (Å²) in [7, 11) is 0. The second-order valence-corrected chi connectivity index (χ2v) is 5.53. The van der Waals surface area contributed by atoms with Gasteiger partial charge in [-0.2, -0.15) is 0 Å². The van der Waals surface area contributed by atoms with E-state index in [0.29, 0.717) is 31.2 Å². The molecule has 0 aromatic carbocycles. The van der Waals surface area contributed by atoms with E-state index in [1.807, 2.05) is 27.7 Å². The Kier molecular flexibility index (Phi) is 3.43. The topological polar surface area (TPSA) is 64.2 Å². The van der Waals surface area contributed by atoms with Gasteiger partial charge in [-0.05, 0) is 13.8 Å². The molecule has 1 aromatic rings. The molecule has 0 spiro atoms. The van der Waals surface area contributed by atoms with Crippen LogP contribution in [-0.4, -0.2) is 29.3 Å². The second kappa shape index (κ2) is 4.72. The number of nitrogens with zero attached hydrogens (tertiary/aromatic N) is 1. The summed E-state index contributed by atoms with van der Waals surface area (Å²) in [5.41, 5.74) is 0.368. The standard InChI is InChI=1S/C13H20N2O3/c1-8(2)17-6-5-9-14-11-10(12(16)15-9)18-7-13(11,3)4/h8H,5-7H2,1-4H3,(H,14,15,16). The summed E-state index contributed by atoms with van der Waals surface area (Å²) in [5.74, 6) is 1.03. The number of aromatic nitrogens is 2. The summed E-state index contributed by atoms with van der Waals surface area (Å²) in [5, 5.41) is 0. The van der Waals surface area contributed by atoms with Crippen molar-refractivity contribution in [3.8, 4) is 5.75 Å². The Morgan fingerprint density at radius 2 is 2.22 bits per heavy atom. The van der Waals surface area contributed by atoms with Crippen molar-refractivity contribution in [3.05, 3.63) is 21.9 Å². The molecular formula is C13H20N2O3. The van der Waals surface area contributed by atoms with Gasteiger partial charge in [0, 0.05) is 11.8 Å². The molecule has 5 heteroatoms. The van der Waals surface area contributed by atoms with Crippen LogP contribution in [-0.2, 0) is 16.6 Å². The van der Waals surface area contributed by atoms with Crippen molar-refractivity contribution in [2.24, 2.45) is 0 Å². The van der Waals surface area contributed by atoms with Crippen LogP contribution < -0.4 is 10.3 Å². The van der Waals surface area contributed by atoms with Crippen LogP contribution in [0, 0.1) is 0 Å². The molecule has 2 heterocycles. The van der Waals surface area contributed by atoms with E-state index >= 15 is 0 Å². The molecule has 0 aliphatic carbocycles. The first-order valence-corrected chi connectivity index (χ1v) is 6.28. The van der Waals surface area contributed by atoms with E-state index in [9.17, 15) is 4.79 Å². The molecule has 0 saturated heterocycles. The van der Waals surface area contributed by atoms with Gasteiger partial charge in [-0.15, -0.1) is 0 Å². The van der Waals surface area contributed by atoms with Crippen LogP contribution in [0.1, 0.15) is 39.2 Å². The van der Waals surface area contributed by atoms with Crippen LogP contribution in [0.4, 0.5) is 0 Å². The van der Waals surface area contributed by atoms with E-state index in [1.165, 1.54) is 0 Å². The predicted molar refractivity (Wildman–Crippen MR) is 68.2 cm³/mol. The summed E-state index contributed by atoms with van der Waals surface area (Å²) < 4.78 is 10.9. The summed E-state index contributed by atoms with van der Waals surface area (Å²) in [4.78, 5) is 19.1. The summed E-state index contributed by atoms with van der Waals surface area (Å²) in [6.07, 6.45) is 0.794. The van der Waals surface area contributed by atoms with Crippen molar-refractivity contribution >= 4 is 0 Å². The Labute approximate surface area is 107 Å². The first-order valence-electron chi connectivity index (χ1n) is 6.28. The van der Waals surface area contributed by atoms with Gasteiger partial charge in [0.2, 0.25) is 5.75 Å². The maximum absolute atomic E-state index is 11.9. The average Bonchev–Trinajstić information content (AvgIpc) is 2.55. The second-order valence-electron chi connectivity index (χ2n) is 5.53. The average molecular weight is 252 g/mol. The van der Waals surface area contributed by atoms with E-state index in [2.05, 4.69) is 9.97 Å². The summed E-state index contributed by atoms with van der Waals surface area (Å²) in [6.45, 7) is 9.08. The van der Waals surface area contributed by atoms with Gasteiger partial charge in [-0.3, -0.25) is 4.79 Å². The highest BCUT2D eigenvalue weighted by Gasteiger charge is 2.35. The van der Waals surface area contributed by atoms with Crippen LogP contribution in [0.3, 0.4) is 0 Å². The van der Waals surface area contributed by atoms with Gasteiger partial charge in [-0.25, -0.2) is 4.98 Å². The number of nitrogens with one attached hydrogen (secondary N) is 1. The van der Waals surface area contributed by atoms with E-state index in [0.717, 1.165) is 5.69 Å². The molecule has 100 valence electrons. The van der Waals surface area contributed by atoms with Gasteiger partial charge >= 0.3 is 0 Å². The lowest BCUT2D eigenvalue weighted by atomic mass is 9.92. The third-order valence-corrected chi connectivity index (χ3v) is 2.93. The van der Waals surface area contributed by atoms with Crippen molar-refractivity contribution in [2.45, 2.75) is 45.6 Å². The lowest BCUT2D eigenvalue weighted by molar-refractivity contribution is 0.0803. The molecule has 18 heavy (non-hydrogen) atoms. The number of ether oxygens (including phenoxy) is 2. The lowest BCUT2D eigenvalue weighted by Crippen LogP contribution is -2.22. The Balaban J connectivity index is 2.20. The monoisotopic (exact) mass is 252 g/mol. The molecule has 1 aliphatic heterocycles. The zero-order valence-electron chi connectivity index (χ0n) is 11.4. The van der Waals surface area contributed by atoms with Crippen molar-refractivity contribution in [1.29, 1.82) is 0 Å². The number of hydrogen-bond acceptors (Lipinski definition) is 4. The van der Waals surface area contributed by atoms with Crippen LogP contribution in [0.15, 0.2) is 4.79 Å². The van der Waals surface area contributed by atoms with E-state index in [4.69, 9.17) is 9.47 Å². The molecule has 0 unspecified atom stereocenters. The summed E-state index contributed by atoms with van der Waals surface area (Å²) >= 11 is 0. The molecular weight excluding hydrogens is 232 g/mol. The maximum Gasteiger partial charge on any atom is 0.293 e. The van der Waals surface area contributed by atoms with E-state index in [-0.39, 0.29) is 17.1 Å². The Morgan fingerprint density at radius 3 is 2.89 bits per heavy atom. The first-order chi connectivity index (χ1) is 8.40. The van der Waals surface area contributed by atoms with Gasteiger partial charge in [0.15, 0.2) is 0 Å². The zero-order valence-corrected chi connectivity index (χ0v) is 11.4. The highest BCUT2D eigenvalue weighted by Crippen LogP contribution is 2.33. The molecule has 5 nitrogen and oxygen atoms in total. The highest BCUT2D eigenvalue weighted by molar-refractivity contribution is 5.35. The van der Waals surface area contributed by atoms with Gasteiger partial charge in [-0.1, -0.05) is 13.8 Å². The van der Waals surface area contributed by atoms with Crippen molar-refractivity contribution in [2.75, 3.05) is 13.2 Å². The van der Waals surface area contributed by atoms with E-state index in [1.54, 1.807) is 0 Å². The van der Waals surface area contributed by atoms with Gasteiger partial charge in [0.25, 0.3) is 5.56 Å². The minimum absolute atomic E-state index is 0.186. The fraction of sp³-hybridized carbons (Fsp3) is 0.692. The molecule has 1 aliphatic rings. The molecule has 0 radical (unpaired) electrons. The predicted octanol–water partition coefficient (Wildman–Crippen LogP) is 1.41. The minimum atomic E-state index is -0.197. The Bertz CT molecular complexity index is 491. The molecule has 0 amide bonds. The number of rotatable bonds is 4. The molecule has 0 saturated carbocycles. The maximum atomic E-state index is 11.9. The molecule has 0 bridgehead atoms. The lowest BCUT2D eigenvalue weighted by Gasteiger charge is -2.14. The largest absolute Gasteiger partial charge is 0.485 e. The zero-order chi connectivity index (χ0) is 13.3. The number of H-pyrrole nitrogens is 1. The molecule has 2 rings (SSSR count). The fourth-order valence-corrected chi connectivity index (χ4v) is 1.93. The van der Waals surface area contributed by atoms with Crippen LogP contribution in [0.2, 0.25) is 0 Å². The molecule has 1 aromatic heterocycles. The fourth-order valence-electron chi connectivity index (χ4n) is 1.93. The number of hydrogen-bond donors (Lipinski definition) is 1. The van der Waals surface area contributed by atoms with Crippen LogP contribution in [0.5, 0.6) is 5.75 Å². The smallest absolute Gasteiger partial charge is 0.293 e. The number of fused-ring (bicyclic) bond motifs is 1. The third-order valence-electron chi connectivity index (χ3n) is 2.93. The normalized spacial score (nSPS) is 16.7. The van der Waals surface area contributed by atoms with E-state index < -0.39 is 0 Å². The van der Waals surface area contributed by atoms with Crippen molar-refractivity contribution in [1.82, 2.24) is 9.97 Å². The van der Waals surface area contributed by atoms with Gasteiger partial charge in [0.05, 0.1) is 25.0 Å². The Hall–Kier alpha value is -1.36. The molecule has 1 N–H and O–H groups in total. The quantitative estimate of drug-likeness (QED) is 0.880. The van der Waals surface area contributed by atoms with Crippen LogP contribution in [0.25, 0.3) is 0 Å². The third kappa shape index (κ3) is 2.56. The number of aromatic amines is 1. The van der Waals surface area contributed by atoms with Crippen LogP contribution >= 0.6 is 0 Å². The van der Waals surface area contributed by atoms with Gasteiger partial charge in [0.1, 0.15) is 5.82 Å².